The summed E-state index contributed by atoms with van der Waals surface area (Å²) in [5, 5.41) is 0.504. The van der Waals surface area contributed by atoms with Crippen molar-refractivity contribution in [2.75, 3.05) is 4.90 Å². The first kappa shape index (κ1) is 20.1. The molecule has 0 aliphatic rings. The minimum absolute atomic E-state index is 0.0264. The van der Waals surface area contributed by atoms with Crippen molar-refractivity contribution in [2.45, 2.75) is 0 Å². The number of rotatable bonds is 6. The SMILES string of the molecule is [2H]c1c([2H])c(N(c2ccc(-c3ccccc3)cc2)c2ccc(-c3ccccc3)cc2)c2c(oc3c(-c4ccccc4)c([2H])c([2H])c([2H])c32)c1[2H]. The van der Waals surface area contributed by atoms with Crippen molar-refractivity contribution in [3.8, 4) is 33.4 Å². The third-order valence-corrected chi connectivity index (χ3v) is 7.86. The highest BCUT2D eigenvalue weighted by Gasteiger charge is 2.21. The predicted octanol–water partition coefficient (Wildman–Crippen LogP) is 12.1. The molecule has 44 heavy (non-hydrogen) atoms. The second-order valence-electron chi connectivity index (χ2n) is 10.5. The molecule has 0 fully saturated rings. The van der Waals surface area contributed by atoms with Crippen LogP contribution in [0, 0.1) is 0 Å². The van der Waals surface area contributed by atoms with Crippen molar-refractivity contribution >= 4 is 39.0 Å². The van der Waals surface area contributed by atoms with Gasteiger partial charge in [0, 0.05) is 22.3 Å². The van der Waals surface area contributed by atoms with Crippen LogP contribution < -0.4 is 4.90 Å². The van der Waals surface area contributed by atoms with Crippen LogP contribution in [0.1, 0.15) is 8.22 Å². The molecule has 0 bridgehead atoms. The predicted molar refractivity (Wildman–Crippen MR) is 185 cm³/mol. The summed E-state index contributed by atoms with van der Waals surface area (Å²) in [6.07, 6.45) is 0. The first-order valence-corrected chi connectivity index (χ1v) is 14.5. The number of benzene rings is 7. The Kier molecular flexibility index (Phi) is 5.07. The minimum Gasteiger partial charge on any atom is -0.455 e. The van der Waals surface area contributed by atoms with Crippen molar-refractivity contribution in [2.24, 2.45) is 0 Å². The summed E-state index contributed by atoms with van der Waals surface area (Å²) in [7, 11) is 0. The molecule has 0 N–H and O–H groups in total. The maximum absolute atomic E-state index is 9.36. The van der Waals surface area contributed by atoms with E-state index in [9.17, 15) is 1.37 Å². The van der Waals surface area contributed by atoms with E-state index in [1.807, 2.05) is 144 Å². The molecule has 0 unspecified atom stereocenters. The number of fused-ring (bicyclic) bond motifs is 3. The van der Waals surface area contributed by atoms with E-state index in [0.29, 0.717) is 22.5 Å². The lowest BCUT2D eigenvalue weighted by Crippen LogP contribution is -2.10. The zero-order chi connectivity index (χ0) is 34.5. The summed E-state index contributed by atoms with van der Waals surface area (Å²) < 4.78 is 60.4. The minimum atomic E-state index is -0.330. The van der Waals surface area contributed by atoms with Crippen LogP contribution in [0.4, 0.5) is 17.1 Å². The highest BCUT2D eigenvalue weighted by Crippen LogP contribution is 2.45. The molecule has 1 aromatic heterocycles. The van der Waals surface area contributed by atoms with Crippen LogP contribution in [0.15, 0.2) is 180 Å². The van der Waals surface area contributed by atoms with Crippen molar-refractivity contribution in [1.82, 2.24) is 0 Å². The molecular formula is C42H29NO. The Morgan fingerprint density at radius 1 is 0.455 bits per heavy atom. The van der Waals surface area contributed by atoms with Gasteiger partial charge in [-0.2, -0.15) is 0 Å². The Labute approximate surface area is 265 Å². The monoisotopic (exact) mass is 569 g/mol. The zero-order valence-corrected chi connectivity index (χ0v) is 23.6. The number of hydrogen-bond donors (Lipinski definition) is 0. The number of nitrogens with zero attached hydrogens (tertiary/aromatic N) is 1. The summed E-state index contributed by atoms with van der Waals surface area (Å²) in [6.45, 7) is 0. The van der Waals surface area contributed by atoms with E-state index in [0.717, 1.165) is 22.3 Å². The third-order valence-electron chi connectivity index (χ3n) is 7.86. The van der Waals surface area contributed by atoms with Gasteiger partial charge >= 0.3 is 0 Å². The molecule has 0 spiro atoms. The van der Waals surface area contributed by atoms with E-state index in [-0.39, 0.29) is 63.9 Å². The van der Waals surface area contributed by atoms with Gasteiger partial charge in [0.15, 0.2) is 0 Å². The first-order chi connectivity index (χ1) is 24.3. The fraction of sp³-hybridized carbons (Fsp3) is 0. The second kappa shape index (κ2) is 11.1. The quantitative estimate of drug-likeness (QED) is 0.198. The summed E-state index contributed by atoms with van der Waals surface area (Å²) >= 11 is 0. The van der Waals surface area contributed by atoms with Crippen molar-refractivity contribution < 1.29 is 12.6 Å². The fourth-order valence-corrected chi connectivity index (χ4v) is 5.71. The average Bonchev–Trinajstić information content (AvgIpc) is 3.56. The van der Waals surface area contributed by atoms with Gasteiger partial charge in [0.05, 0.1) is 19.3 Å². The Balaban J connectivity index is 1.44. The number of para-hydroxylation sites is 1. The first-order valence-electron chi connectivity index (χ1n) is 17.5. The summed E-state index contributed by atoms with van der Waals surface area (Å²) in [6, 6.07) is 43.5. The molecule has 2 nitrogen and oxygen atoms in total. The molecule has 1 heterocycles. The number of hydrogen-bond acceptors (Lipinski definition) is 2. The zero-order valence-electron chi connectivity index (χ0n) is 29.6. The molecule has 208 valence electrons. The van der Waals surface area contributed by atoms with Crippen LogP contribution in [0.5, 0.6) is 0 Å². The Morgan fingerprint density at radius 3 is 1.48 bits per heavy atom. The highest BCUT2D eigenvalue weighted by molar-refractivity contribution is 6.16. The molecule has 7 aromatic carbocycles. The van der Waals surface area contributed by atoms with Crippen LogP contribution in [-0.2, 0) is 0 Å². The fourth-order valence-electron chi connectivity index (χ4n) is 5.71. The van der Waals surface area contributed by atoms with E-state index in [1.54, 1.807) is 0 Å². The number of anilines is 3. The van der Waals surface area contributed by atoms with Gasteiger partial charge < -0.3 is 9.32 Å². The molecule has 0 saturated carbocycles. The normalized spacial score (nSPS) is 13.1. The van der Waals surface area contributed by atoms with E-state index in [4.69, 9.17) is 11.3 Å². The van der Waals surface area contributed by atoms with Crippen LogP contribution in [0.3, 0.4) is 0 Å². The average molecular weight is 570 g/mol. The summed E-state index contributed by atoms with van der Waals surface area (Å²) in [4.78, 5) is 1.86. The van der Waals surface area contributed by atoms with Crippen LogP contribution in [0.25, 0.3) is 55.3 Å². The molecule has 0 amide bonds. The molecule has 8 rings (SSSR count). The van der Waals surface area contributed by atoms with E-state index >= 15 is 0 Å². The molecule has 0 saturated heterocycles. The lowest BCUT2D eigenvalue weighted by atomic mass is 10.0. The molecule has 0 atom stereocenters. The van der Waals surface area contributed by atoms with Gasteiger partial charge in [0.2, 0.25) is 0 Å². The highest BCUT2D eigenvalue weighted by atomic mass is 16.3. The number of furan rings is 1. The van der Waals surface area contributed by atoms with Gasteiger partial charge in [-0.15, -0.1) is 0 Å². The van der Waals surface area contributed by atoms with E-state index in [2.05, 4.69) is 0 Å². The van der Waals surface area contributed by atoms with E-state index < -0.39 is 0 Å². The molecular weight excluding hydrogens is 534 g/mol. The standard InChI is InChI=1S/C42H29NO/c1-4-12-30(13-5-1)32-22-26-35(27-23-32)43(36-28-24-33(25-29-36)31-14-6-2-7-15-31)39-20-11-21-40-41(39)38-19-10-18-37(42(38)44-40)34-16-8-3-9-17-34/h1-29H/i10D,11D,18D,19D,20D,21D. The molecule has 0 aliphatic heterocycles. The third kappa shape index (κ3) is 4.63. The lowest BCUT2D eigenvalue weighted by Gasteiger charge is -2.26. The van der Waals surface area contributed by atoms with Gasteiger partial charge in [-0.25, -0.2) is 0 Å². The maximum Gasteiger partial charge on any atom is 0.143 e. The van der Waals surface area contributed by atoms with Gasteiger partial charge in [0.1, 0.15) is 11.2 Å². The largest absolute Gasteiger partial charge is 0.455 e. The maximum atomic E-state index is 9.36. The van der Waals surface area contributed by atoms with Crippen molar-refractivity contribution in [3.05, 3.63) is 176 Å². The van der Waals surface area contributed by atoms with Crippen molar-refractivity contribution in [3.63, 3.8) is 0 Å². The Morgan fingerprint density at radius 2 is 0.932 bits per heavy atom. The van der Waals surface area contributed by atoms with Gasteiger partial charge in [0.25, 0.3) is 0 Å². The molecule has 0 aliphatic carbocycles. The van der Waals surface area contributed by atoms with Gasteiger partial charge in [-0.3, -0.25) is 0 Å². The summed E-state index contributed by atoms with van der Waals surface area (Å²) in [5.41, 5.74) is 6.91. The Hall–Kier alpha value is -5.86. The van der Waals surface area contributed by atoms with Crippen LogP contribution >= 0.6 is 0 Å². The Bertz CT molecular complexity index is 2430. The smallest absolute Gasteiger partial charge is 0.143 e. The van der Waals surface area contributed by atoms with E-state index in [1.165, 1.54) is 0 Å². The van der Waals surface area contributed by atoms with Crippen LogP contribution in [-0.4, -0.2) is 0 Å². The topological polar surface area (TPSA) is 16.4 Å². The van der Waals surface area contributed by atoms with Gasteiger partial charge in [-0.05, 0) is 64.2 Å². The second-order valence-corrected chi connectivity index (χ2v) is 10.5. The molecule has 0 radical (unpaired) electrons. The lowest BCUT2D eigenvalue weighted by molar-refractivity contribution is 0.670. The van der Waals surface area contributed by atoms with Crippen molar-refractivity contribution in [1.29, 1.82) is 0 Å². The van der Waals surface area contributed by atoms with Crippen LogP contribution in [0.2, 0.25) is 0 Å². The molecule has 8 aromatic rings. The molecule has 2 heteroatoms. The van der Waals surface area contributed by atoms with Gasteiger partial charge in [-0.1, -0.05) is 139 Å². The summed E-state index contributed by atoms with van der Waals surface area (Å²) in [5.74, 6) is 0.